The van der Waals surface area contributed by atoms with E-state index in [1.165, 1.54) is 0 Å². The van der Waals surface area contributed by atoms with Gasteiger partial charge < -0.3 is 10.4 Å². The summed E-state index contributed by atoms with van der Waals surface area (Å²) in [5.74, 6) is -0.673. The predicted octanol–water partition coefficient (Wildman–Crippen LogP) is 3.68. The average molecular weight is 284 g/mol. The third-order valence-corrected chi connectivity index (χ3v) is 4.53. The van der Waals surface area contributed by atoms with E-state index in [2.05, 4.69) is 10.3 Å². The molecule has 0 radical (unpaired) electrons. The van der Waals surface area contributed by atoms with E-state index in [-0.39, 0.29) is 0 Å². The number of aromatic nitrogens is 1. The van der Waals surface area contributed by atoms with Gasteiger partial charge in [-0.25, -0.2) is 0 Å². The highest BCUT2D eigenvalue weighted by molar-refractivity contribution is 5.91. The molecule has 2 aromatic rings. The molecule has 1 aliphatic carbocycles. The number of carbonyl (C=O) groups is 1. The molecule has 1 aromatic carbocycles. The number of rotatable bonds is 4. The molecule has 21 heavy (non-hydrogen) atoms. The fraction of sp³-hybridized carbons (Fsp3) is 0.412. The predicted molar refractivity (Wildman–Crippen MR) is 83.4 cm³/mol. The molecule has 1 heterocycles. The summed E-state index contributed by atoms with van der Waals surface area (Å²) in [6.45, 7) is 0.482. The molecule has 1 aliphatic rings. The molecule has 1 aromatic heterocycles. The number of benzene rings is 1. The summed E-state index contributed by atoms with van der Waals surface area (Å²) < 4.78 is 0. The van der Waals surface area contributed by atoms with Gasteiger partial charge in [-0.3, -0.25) is 9.78 Å². The molecular formula is C17H20N2O2. The van der Waals surface area contributed by atoms with Gasteiger partial charge in [0, 0.05) is 23.8 Å². The Kier molecular flexibility index (Phi) is 3.78. The first-order valence-corrected chi connectivity index (χ1v) is 7.52. The van der Waals surface area contributed by atoms with Crippen molar-refractivity contribution in [3.05, 3.63) is 36.5 Å². The molecule has 3 rings (SSSR count). The number of pyridine rings is 1. The third-order valence-electron chi connectivity index (χ3n) is 4.53. The van der Waals surface area contributed by atoms with E-state index >= 15 is 0 Å². The van der Waals surface area contributed by atoms with Crippen LogP contribution < -0.4 is 5.32 Å². The van der Waals surface area contributed by atoms with E-state index in [9.17, 15) is 9.90 Å². The van der Waals surface area contributed by atoms with Crippen LogP contribution in [0.15, 0.2) is 36.5 Å². The van der Waals surface area contributed by atoms with Crippen LogP contribution in [0.2, 0.25) is 0 Å². The van der Waals surface area contributed by atoms with Crippen LogP contribution in [-0.2, 0) is 4.79 Å². The minimum atomic E-state index is -0.673. The third kappa shape index (κ3) is 2.71. The van der Waals surface area contributed by atoms with Gasteiger partial charge in [0.1, 0.15) is 0 Å². The summed E-state index contributed by atoms with van der Waals surface area (Å²) in [5, 5.41) is 14.0. The second-order valence-electron chi connectivity index (χ2n) is 5.88. The maximum absolute atomic E-state index is 11.7. The van der Waals surface area contributed by atoms with Crippen molar-refractivity contribution >= 4 is 22.6 Å². The number of nitrogens with zero attached hydrogens (tertiary/aromatic N) is 1. The van der Waals surface area contributed by atoms with Crippen LogP contribution in [0.1, 0.15) is 32.1 Å². The summed E-state index contributed by atoms with van der Waals surface area (Å²) in [5.41, 5.74) is 1.27. The first-order chi connectivity index (χ1) is 10.2. The number of para-hydroxylation sites is 1. The van der Waals surface area contributed by atoms with Crippen LogP contribution in [0.25, 0.3) is 10.9 Å². The van der Waals surface area contributed by atoms with E-state index in [0.717, 1.165) is 48.7 Å². The van der Waals surface area contributed by atoms with Crippen molar-refractivity contribution in [1.29, 1.82) is 0 Å². The minimum Gasteiger partial charge on any atom is -0.481 e. The van der Waals surface area contributed by atoms with E-state index in [1.54, 1.807) is 6.20 Å². The smallest absolute Gasteiger partial charge is 0.311 e. The topological polar surface area (TPSA) is 62.2 Å². The Bertz CT molecular complexity index is 643. The van der Waals surface area contributed by atoms with Gasteiger partial charge in [0.25, 0.3) is 0 Å². The number of fused-ring (bicyclic) bond motifs is 1. The van der Waals surface area contributed by atoms with Crippen LogP contribution in [0, 0.1) is 5.41 Å². The Morgan fingerprint density at radius 1 is 1.19 bits per heavy atom. The maximum atomic E-state index is 11.7. The fourth-order valence-corrected chi connectivity index (χ4v) is 3.21. The van der Waals surface area contributed by atoms with Gasteiger partial charge in [-0.2, -0.15) is 0 Å². The van der Waals surface area contributed by atoms with Gasteiger partial charge in [-0.15, -0.1) is 0 Å². The Morgan fingerprint density at radius 2 is 1.95 bits per heavy atom. The lowest BCUT2D eigenvalue weighted by atomic mass is 9.74. The number of carboxylic acids is 1. The normalized spacial score (nSPS) is 17.5. The van der Waals surface area contributed by atoms with E-state index < -0.39 is 11.4 Å². The second kappa shape index (κ2) is 5.72. The van der Waals surface area contributed by atoms with Gasteiger partial charge >= 0.3 is 5.97 Å². The summed E-state index contributed by atoms with van der Waals surface area (Å²) in [4.78, 5) is 16.0. The maximum Gasteiger partial charge on any atom is 0.311 e. The van der Waals surface area contributed by atoms with Crippen molar-refractivity contribution < 1.29 is 9.90 Å². The van der Waals surface area contributed by atoms with Crippen LogP contribution in [0.4, 0.5) is 5.69 Å². The molecule has 0 aliphatic heterocycles. The Labute approximate surface area is 124 Å². The molecule has 0 saturated heterocycles. The standard InChI is InChI=1S/C17H20N2O2/c20-16(21)17(9-4-1-5-10-17)12-19-15-8-11-18-14-7-3-2-6-13(14)15/h2-3,6-8,11H,1,4-5,9-10,12H2,(H,18,19)(H,20,21). The van der Waals surface area contributed by atoms with Gasteiger partial charge in [-0.1, -0.05) is 37.5 Å². The average Bonchev–Trinajstić information content (AvgIpc) is 2.53. The number of nitrogens with one attached hydrogen (secondary N) is 1. The SMILES string of the molecule is O=C(O)C1(CNc2ccnc3ccccc23)CCCCC1. The lowest BCUT2D eigenvalue weighted by Gasteiger charge is -2.33. The van der Waals surface area contributed by atoms with Crippen LogP contribution in [-0.4, -0.2) is 22.6 Å². The van der Waals surface area contributed by atoms with Crippen molar-refractivity contribution in [2.45, 2.75) is 32.1 Å². The molecule has 4 nitrogen and oxygen atoms in total. The van der Waals surface area contributed by atoms with Crippen molar-refractivity contribution in [2.24, 2.45) is 5.41 Å². The lowest BCUT2D eigenvalue weighted by molar-refractivity contribution is -0.150. The molecule has 0 bridgehead atoms. The highest BCUT2D eigenvalue weighted by atomic mass is 16.4. The quantitative estimate of drug-likeness (QED) is 0.899. The molecule has 2 N–H and O–H groups in total. The summed E-state index contributed by atoms with van der Waals surface area (Å²) in [6, 6.07) is 9.83. The van der Waals surface area contributed by atoms with Crippen molar-refractivity contribution in [2.75, 3.05) is 11.9 Å². The van der Waals surface area contributed by atoms with Crippen LogP contribution in [0.5, 0.6) is 0 Å². The minimum absolute atomic E-state index is 0.482. The van der Waals surface area contributed by atoms with Crippen molar-refractivity contribution in [1.82, 2.24) is 4.98 Å². The number of anilines is 1. The number of hydrogen-bond acceptors (Lipinski definition) is 3. The molecule has 4 heteroatoms. The Morgan fingerprint density at radius 3 is 2.71 bits per heavy atom. The number of hydrogen-bond donors (Lipinski definition) is 2. The number of carboxylic acid groups (broad SMARTS) is 1. The summed E-state index contributed by atoms with van der Waals surface area (Å²) in [6.07, 6.45) is 6.44. The summed E-state index contributed by atoms with van der Waals surface area (Å²) >= 11 is 0. The molecule has 0 unspecified atom stereocenters. The van der Waals surface area contributed by atoms with E-state index in [4.69, 9.17) is 0 Å². The highest BCUT2D eigenvalue weighted by Crippen LogP contribution is 2.37. The first-order valence-electron chi connectivity index (χ1n) is 7.52. The Hall–Kier alpha value is -2.10. The molecule has 0 amide bonds. The molecule has 0 spiro atoms. The van der Waals surface area contributed by atoms with Crippen molar-refractivity contribution in [3.8, 4) is 0 Å². The summed E-state index contributed by atoms with van der Waals surface area (Å²) in [7, 11) is 0. The van der Waals surface area contributed by atoms with Gasteiger partial charge in [0.2, 0.25) is 0 Å². The van der Waals surface area contributed by atoms with E-state index in [1.807, 2.05) is 30.3 Å². The van der Waals surface area contributed by atoms with Gasteiger partial charge in [0.05, 0.1) is 10.9 Å². The van der Waals surface area contributed by atoms with Gasteiger partial charge in [0.15, 0.2) is 0 Å². The monoisotopic (exact) mass is 284 g/mol. The molecule has 110 valence electrons. The molecule has 1 saturated carbocycles. The molecule has 1 fully saturated rings. The largest absolute Gasteiger partial charge is 0.481 e. The second-order valence-corrected chi connectivity index (χ2v) is 5.88. The number of aliphatic carboxylic acids is 1. The zero-order chi connectivity index (χ0) is 14.7. The first kappa shape index (κ1) is 13.9. The Balaban J connectivity index is 1.83. The fourth-order valence-electron chi connectivity index (χ4n) is 3.21. The van der Waals surface area contributed by atoms with Crippen molar-refractivity contribution in [3.63, 3.8) is 0 Å². The zero-order valence-corrected chi connectivity index (χ0v) is 12.0. The molecular weight excluding hydrogens is 264 g/mol. The van der Waals surface area contributed by atoms with Crippen LogP contribution >= 0.6 is 0 Å². The van der Waals surface area contributed by atoms with E-state index in [0.29, 0.717) is 6.54 Å². The molecule has 0 atom stereocenters. The lowest BCUT2D eigenvalue weighted by Crippen LogP contribution is -2.39. The highest BCUT2D eigenvalue weighted by Gasteiger charge is 2.39. The van der Waals surface area contributed by atoms with Gasteiger partial charge in [-0.05, 0) is 25.0 Å². The van der Waals surface area contributed by atoms with Crippen LogP contribution in [0.3, 0.4) is 0 Å². The zero-order valence-electron chi connectivity index (χ0n) is 12.0.